The van der Waals surface area contributed by atoms with Crippen molar-refractivity contribution in [2.24, 2.45) is 0 Å². The SMILES string of the molecule is O=CNC(=O)CCCCCN1CCN(c2ncccn2)CC1. The van der Waals surface area contributed by atoms with Crippen molar-refractivity contribution in [3.8, 4) is 0 Å². The molecule has 0 radical (unpaired) electrons. The molecule has 2 rings (SSSR count). The van der Waals surface area contributed by atoms with Crippen molar-refractivity contribution >= 4 is 18.3 Å². The van der Waals surface area contributed by atoms with Crippen molar-refractivity contribution in [1.29, 1.82) is 0 Å². The van der Waals surface area contributed by atoms with E-state index in [-0.39, 0.29) is 5.91 Å². The Hall–Kier alpha value is -2.02. The summed E-state index contributed by atoms with van der Waals surface area (Å²) < 4.78 is 0. The van der Waals surface area contributed by atoms with Crippen LogP contribution in [0.1, 0.15) is 25.7 Å². The van der Waals surface area contributed by atoms with Crippen LogP contribution in [0.5, 0.6) is 0 Å². The van der Waals surface area contributed by atoms with E-state index in [0.29, 0.717) is 12.8 Å². The lowest BCUT2D eigenvalue weighted by Crippen LogP contribution is -2.47. The molecule has 1 fully saturated rings. The van der Waals surface area contributed by atoms with Crippen LogP contribution in [0.25, 0.3) is 0 Å². The zero-order valence-corrected chi connectivity index (χ0v) is 12.8. The molecular weight excluding hydrogens is 282 g/mol. The van der Waals surface area contributed by atoms with Gasteiger partial charge in [0.15, 0.2) is 0 Å². The summed E-state index contributed by atoms with van der Waals surface area (Å²) in [4.78, 5) is 34.4. The second kappa shape index (κ2) is 9.09. The summed E-state index contributed by atoms with van der Waals surface area (Å²) in [6.45, 7) is 4.99. The van der Waals surface area contributed by atoms with Crippen molar-refractivity contribution < 1.29 is 9.59 Å². The van der Waals surface area contributed by atoms with Crippen LogP contribution in [0.3, 0.4) is 0 Å². The number of aromatic nitrogens is 2. The van der Waals surface area contributed by atoms with Crippen molar-refractivity contribution in [2.75, 3.05) is 37.6 Å². The fourth-order valence-corrected chi connectivity index (χ4v) is 2.56. The second-order valence-corrected chi connectivity index (χ2v) is 5.37. The van der Waals surface area contributed by atoms with Gasteiger partial charge < -0.3 is 4.90 Å². The third-order valence-corrected chi connectivity index (χ3v) is 3.81. The average Bonchev–Trinajstić information content (AvgIpc) is 2.56. The summed E-state index contributed by atoms with van der Waals surface area (Å²) in [7, 11) is 0. The number of carbonyl (C=O) groups excluding carboxylic acids is 2. The van der Waals surface area contributed by atoms with Crippen LogP contribution in [-0.4, -0.2) is 59.9 Å². The highest BCUT2D eigenvalue weighted by Gasteiger charge is 2.17. The van der Waals surface area contributed by atoms with E-state index in [0.717, 1.165) is 57.9 Å². The molecule has 1 aromatic heterocycles. The van der Waals surface area contributed by atoms with E-state index >= 15 is 0 Å². The standard InChI is InChI=1S/C15H23N5O2/c21-13-18-14(22)5-2-1-3-8-19-9-11-20(12-10-19)15-16-6-4-7-17-15/h4,6-7,13H,1-3,5,8-12H2,(H,18,21,22). The molecule has 2 amide bonds. The van der Waals surface area contributed by atoms with Crippen molar-refractivity contribution in [2.45, 2.75) is 25.7 Å². The summed E-state index contributed by atoms with van der Waals surface area (Å²) in [5, 5.41) is 2.16. The van der Waals surface area contributed by atoms with Gasteiger partial charge in [-0.2, -0.15) is 0 Å². The number of anilines is 1. The van der Waals surface area contributed by atoms with Gasteiger partial charge in [0.25, 0.3) is 0 Å². The fraction of sp³-hybridized carbons (Fsp3) is 0.600. The summed E-state index contributed by atoms with van der Waals surface area (Å²) in [6.07, 6.45) is 7.34. The highest BCUT2D eigenvalue weighted by molar-refractivity contribution is 5.85. The van der Waals surface area contributed by atoms with Crippen molar-refractivity contribution in [1.82, 2.24) is 20.2 Å². The van der Waals surface area contributed by atoms with Crippen molar-refractivity contribution in [3.05, 3.63) is 18.5 Å². The number of imide groups is 1. The lowest BCUT2D eigenvalue weighted by atomic mass is 10.1. The zero-order chi connectivity index (χ0) is 15.6. The molecule has 0 atom stereocenters. The lowest BCUT2D eigenvalue weighted by molar-refractivity contribution is -0.125. The Bertz CT molecular complexity index is 460. The van der Waals surface area contributed by atoms with E-state index in [9.17, 15) is 9.59 Å². The van der Waals surface area contributed by atoms with Gasteiger partial charge in [-0.15, -0.1) is 0 Å². The molecule has 2 heterocycles. The predicted molar refractivity (Wildman–Crippen MR) is 83.4 cm³/mol. The molecule has 7 heteroatoms. The minimum Gasteiger partial charge on any atom is -0.338 e. The van der Waals surface area contributed by atoms with Gasteiger partial charge in [0.2, 0.25) is 18.3 Å². The largest absolute Gasteiger partial charge is 0.338 e. The molecule has 0 aliphatic carbocycles. The summed E-state index contributed by atoms with van der Waals surface area (Å²) in [6, 6.07) is 1.83. The van der Waals surface area contributed by atoms with Crippen LogP contribution in [0.2, 0.25) is 0 Å². The Kier molecular flexibility index (Phi) is 6.76. The minimum atomic E-state index is -0.188. The van der Waals surface area contributed by atoms with Gasteiger partial charge in [0.05, 0.1) is 0 Å². The Morgan fingerprint density at radius 3 is 2.55 bits per heavy atom. The molecule has 7 nitrogen and oxygen atoms in total. The number of amides is 2. The number of rotatable bonds is 8. The molecule has 1 N–H and O–H groups in total. The third kappa shape index (κ3) is 5.40. The van der Waals surface area contributed by atoms with Crippen LogP contribution in [0, 0.1) is 0 Å². The van der Waals surface area contributed by atoms with Crippen LogP contribution in [-0.2, 0) is 9.59 Å². The molecule has 1 saturated heterocycles. The number of nitrogens with one attached hydrogen (secondary N) is 1. The van der Waals surface area contributed by atoms with E-state index in [1.807, 2.05) is 6.07 Å². The number of unbranched alkanes of at least 4 members (excludes halogenated alkanes) is 2. The van der Waals surface area contributed by atoms with Crippen molar-refractivity contribution in [3.63, 3.8) is 0 Å². The first kappa shape index (κ1) is 16.4. The first-order chi connectivity index (χ1) is 10.8. The number of carbonyl (C=O) groups is 2. The summed E-state index contributed by atoms with van der Waals surface area (Å²) >= 11 is 0. The van der Waals surface area contributed by atoms with Gasteiger partial charge in [-0.1, -0.05) is 6.42 Å². The van der Waals surface area contributed by atoms with Gasteiger partial charge in [-0.3, -0.25) is 19.8 Å². The van der Waals surface area contributed by atoms with Gasteiger partial charge in [-0.05, 0) is 25.5 Å². The van der Waals surface area contributed by atoms with Gasteiger partial charge >= 0.3 is 0 Å². The third-order valence-electron chi connectivity index (χ3n) is 3.81. The molecule has 0 unspecified atom stereocenters. The average molecular weight is 305 g/mol. The molecule has 120 valence electrons. The monoisotopic (exact) mass is 305 g/mol. The lowest BCUT2D eigenvalue weighted by Gasteiger charge is -2.34. The highest BCUT2D eigenvalue weighted by Crippen LogP contribution is 2.10. The van der Waals surface area contributed by atoms with E-state index in [1.165, 1.54) is 0 Å². The van der Waals surface area contributed by atoms with E-state index < -0.39 is 0 Å². The number of hydrogen-bond donors (Lipinski definition) is 1. The number of piperazine rings is 1. The van der Waals surface area contributed by atoms with Crippen LogP contribution in [0.4, 0.5) is 5.95 Å². The van der Waals surface area contributed by atoms with E-state index in [4.69, 9.17) is 0 Å². The number of hydrogen-bond acceptors (Lipinski definition) is 6. The Morgan fingerprint density at radius 1 is 1.14 bits per heavy atom. The highest BCUT2D eigenvalue weighted by atomic mass is 16.2. The minimum absolute atomic E-state index is 0.188. The summed E-state index contributed by atoms with van der Waals surface area (Å²) in [5.41, 5.74) is 0. The molecular formula is C15H23N5O2. The Balaban J connectivity index is 1.56. The van der Waals surface area contributed by atoms with Crippen LogP contribution >= 0.6 is 0 Å². The normalized spacial score (nSPS) is 15.5. The fourth-order valence-electron chi connectivity index (χ4n) is 2.56. The molecule has 0 spiro atoms. The molecule has 0 saturated carbocycles. The smallest absolute Gasteiger partial charge is 0.226 e. The maximum atomic E-state index is 11.1. The Labute approximate surface area is 130 Å². The Morgan fingerprint density at radius 2 is 1.86 bits per heavy atom. The molecule has 1 aromatic rings. The predicted octanol–water partition coefficient (Wildman–Crippen LogP) is 0.432. The molecule has 1 aliphatic rings. The molecule has 1 aliphatic heterocycles. The van der Waals surface area contributed by atoms with Gasteiger partial charge in [-0.25, -0.2) is 9.97 Å². The van der Waals surface area contributed by atoms with Crippen LogP contribution in [0.15, 0.2) is 18.5 Å². The second-order valence-electron chi connectivity index (χ2n) is 5.37. The first-order valence-electron chi connectivity index (χ1n) is 7.77. The molecule has 22 heavy (non-hydrogen) atoms. The quantitative estimate of drug-likeness (QED) is 0.554. The van der Waals surface area contributed by atoms with E-state index in [2.05, 4.69) is 25.1 Å². The van der Waals surface area contributed by atoms with Gasteiger partial charge in [0, 0.05) is 45.0 Å². The maximum Gasteiger partial charge on any atom is 0.226 e. The zero-order valence-electron chi connectivity index (χ0n) is 12.8. The topological polar surface area (TPSA) is 78.4 Å². The van der Waals surface area contributed by atoms with Gasteiger partial charge in [0.1, 0.15) is 0 Å². The van der Waals surface area contributed by atoms with E-state index in [1.54, 1.807) is 12.4 Å². The maximum absolute atomic E-state index is 11.1. The molecule has 0 bridgehead atoms. The number of nitrogens with zero attached hydrogens (tertiary/aromatic N) is 4. The first-order valence-corrected chi connectivity index (χ1v) is 7.77. The summed E-state index contributed by atoms with van der Waals surface area (Å²) in [5.74, 6) is 0.620. The molecule has 0 aromatic carbocycles. The van der Waals surface area contributed by atoms with Crippen LogP contribution < -0.4 is 10.2 Å².